The first-order valence-corrected chi connectivity index (χ1v) is 5.91. The van der Waals surface area contributed by atoms with Crippen LogP contribution in [0.1, 0.15) is 31.7 Å². The van der Waals surface area contributed by atoms with E-state index in [1.54, 1.807) is 0 Å². The standard InChI is InChI=1S/C13H18N2O/c1-2-3-8-15-12-6-5-11(14)9-10(12)4-7-13(15)16/h5-6,9H,2-4,7-8,14H2,1H3. The number of unbranched alkanes of at least 4 members (excludes halogenated alkanes) is 1. The van der Waals surface area contributed by atoms with Crippen molar-refractivity contribution in [1.29, 1.82) is 0 Å². The van der Waals surface area contributed by atoms with Crippen LogP contribution in [0.4, 0.5) is 11.4 Å². The summed E-state index contributed by atoms with van der Waals surface area (Å²) in [6.07, 6.45) is 3.59. The van der Waals surface area contributed by atoms with E-state index in [4.69, 9.17) is 5.73 Å². The van der Waals surface area contributed by atoms with Gasteiger partial charge in [-0.15, -0.1) is 0 Å². The zero-order valence-corrected chi connectivity index (χ0v) is 9.70. The number of fused-ring (bicyclic) bond motifs is 1. The molecule has 16 heavy (non-hydrogen) atoms. The van der Waals surface area contributed by atoms with Gasteiger partial charge in [-0.1, -0.05) is 13.3 Å². The summed E-state index contributed by atoms with van der Waals surface area (Å²) in [5.41, 5.74) is 8.80. The van der Waals surface area contributed by atoms with Gasteiger partial charge >= 0.3 is 0 Å². The van der Waals surface area contributed by atoms with Gasteiger partial charge in [0.25, 0.3) is 0 Å². The molecule has 1 aliphatic rings. The van der Waals surface area contributed by atoms with E-state index in [1.165, 1.54) is 5.56 Å². The molecule has 86 valence electrons. The average molecular weight is 218 g/mol. The summed E-state index contributed by atoms with van der Waals surface area (Å²) in [5.74, 6) is 0.241. The van der Waals surface area contributed by atoms with E-state index < -0.39 is 0 Å². The highest BCUT2D eigenvalue weighted by atomic mass is 16.2. The van der Waals surface area contributed by atoms with Crippen LogP contribution in [0.25, 0.3) is 0 Å². The third-order valence-corrected chi connectivity index (χ3v) is 3.04. The van der Waals surface area contributed by atoms with E-state index in [0.29, 0.717) is 6.42 Å². The zero-order valence-electron chi connectivity index (χ0n) is 9.70. The summed E-state index contributed by atoms with van der Waals surface area (Å²) in [6, 6.07) is 5.83. The fraction of sp³-hybridized carbons (Fsp3) is 0.462. The highest BCUT2D eigenvalue weighted by Gasteiger charge is 2.23. The Labute approximate surface area is 96.2 Å². The molecule has 3 heteroatoms. The number of aryl methyl sites for hydroxylation is 1. The maximum Gasteiger partial charge on any atom is 0.227 e. The smallest absolute Gasteiger partial charge is 0.227 e. The predicted molar refractivity (Wildman–Crippen MR) is 66.4 cm³/mol. The summed E-state index contributed by atoms with van der Waals surface area (Å²) in [7, 11) is 0. The van der Waals surface area contributed by atoms with Crippen molar-refractivity contribution in [2.24, 2.45) is 0 Å². The number of nitrogen functional groups attached to an aromatic ring is 1. The van der Waals surface area contributed by atoms with Crippen LogP contribution < -0.4 is 10.6 Å². The molecule has 1 aliphatic heterocycles. The normalized spacial score (nSPS) is 15.1. The number of hydrogen-bond acceptors (Lipinski definition) is 2. The van der Waals surface area contributed by atoms with Crippen molar-refractivity contribution in [3.05, 3.63) is 23.8 Å². The molecule has 0 fully saturated rings. The second-order valence-corrected chi connectivity index (χ2v) is 4.29. The third kappa shape index (κ3) is 2.03. The molecule has 0 atom stereocenters. The zero-order chi connectivity index (χ0) is 11.5. The number of hydrogen-bond donors (Lipinski definition) is 1. The van der Waals surface area contributed by atoms with E-state index in [-0.39, 0.29) is 5.91 Å². The van der Waals surface area contributed by atoms with Gasteiger partial charge in [0.1, 0.15) is 0 Å². The van der Waals surface area contributed by atoms with Crippen molar-refractivity contribution in [2.75, 3.05) is 17.2 Å². The van der Waals surface area contributed by atoms with Crippen molar-refractivity contribution < 1.29 is 4.79 Å². The van der Waals surface area contributed by atoms with E-state index in [0.717, 1.165) is 37.2 Å². The molecule has 0 saturated heterocycles. The molecule has 0 spiro atoms. The summed E-state index contributed by atoms with van der Waals surface area (Å²) in [4.78, 5) is 13.7. The molecule has 1 heterocycles. The minimum atomic E-state index is 0.241. The second kappa shape index (κ2) is 4.56. The molecule has 0 unspecified atom stereocenters. The molecule has 1 aromatic rings. The van der Waals surface area contributed by atoms with E-state index in [1.807, 2.05) is 23.1 Å². The number of amides is 1. The fourth-order valence-electron chi connectivity index (χ4n) is 2.14. The molecule has 0 aliphatic carbocycles. The maximum absolute atomic E-state index is 11.8. The van der Waals surface area contributed by atoms with Crippen LogP contribution in [0, 0.1) is 0 Å². The molecule has 1 amide bonds. The number of anilines is 2. The van der Waals surface area contributed by atoms with Crippen LogP contribution in [-0.2, 0) is 11.2 Å². The predicted octanol–water partition coefficient (Wildman–Crippen LogP) is 2.35. The summed E-state index contributed by atoms with van der Waals surface area (Å²) >= 11 is 0. The number of carbonyl (C=O) groups is 1. The highest BCUT2D eigenvalue weighted by Crippen LogP contribution is 2.29. The Morgan fingerprint density at radius 1 is 1.38 bits per heavy atom. The minimum absolute atomic E-state index is 0.241. The molecule has 1 aromatic carbocycles. The van der Waals surface area contributed by atoms with Gasteiger partial charge in [-0.3, -0.25) is 4.79 Å². The van der Waals surface area contributed by atoms with Gasteiger partial charge in [0.15, 0.2) is 0 Å². The lowest BCUT2D eigenvalue weighted by Crippen LogP contribution is -2.35. The largest absolute Gasteiger partial charge is 0.399 e. The Balaban J connectivity index is 2.29. The van der Waals surface area contributed by atoms with Gasteiger partial charge in [-0.25, -0.2) is 0 Å². The first kappa shape index (κ1) is 11.0. The van der Waals surface area contributed by atoms with E-state index >= 15 is 0 Å². The Bertz CT molecular complexity index is 401. The fourth-order valence-corrected chi connectivity index (χ4v) is 2.14. The maximum atomic E-state index is 11.8. The van der Waals surface area contributed by atoms with Crippen molar-refractivity contribution in [1.82, 2.24) is 0 Å². The molecule has 0 bridgehead atoms. The molecule has 0 aromatic heterocycles. The van der Waals surface area contributed by atoms with Crippen LogP contribution in [0.15, 0.2) is 18.2 Å². The number of benzene rings is 1. The van der Waals surface area contributed by atoms with Crippen LogP contribution in [-0.4, -0.2) is 12.5 Å². The van der Waals surface area contributed by atoms with E-state index in [9.17, 15) is 4.79 Å². The van der Waals surface area contributed by atoms with Gasteiger partial charge in [0, 0.05) is 24.3 Å². The number of rotatable bonds is 3. The Hall–Kier alpha value is -1.51. The van der Waals surface area contributed by atoms with Crippen LogP contribution in [0.2, 0.25) is 0 Å². The van der Waals surface area contributed by atoms with Crippen molar-refractivity contribution >= 4 is 17.3 Å². The lowest BCUT2D eigenvalue weighted by molar-refractivity contribution is -0.118. The first-order valence-electron chi connectivity index (χ1n) is 5.91. The van der Waals surface area contributed by atoms with Gasteiger partial charge < -0.3 is 10.6 Å². The molecular weight excluding hydrogens is 200 g/mol. The van der Waals surface area contributed by atoms with E-state index in [2.05, 4.69) is 6.92 Å². The number of nitrogens with two attached hydrogens (primary N) is 1. The van der Waals surface area contributed by atoms with Crippen molar-refractivity contribution in [3.8, 4) is 0 Å². The molecular formula is C13H18N2O. The summed E-state index contributed by atoms with van der Waals surface area (Å²) in [6.45, 7) is 2.96. The lowest BCUT2D eigenvalue weighted by atomic mass is 10.00. The molecule has 3 nitrogen and oxygen atoms in total. The molecule has 0 saturated carbocycles. The molecule has 2 rings (SSSR count). The van der Waals surface area contributed by atoms with Gasteiger partial charge in [-0.05, 0) is 36.6 Å². The molecule has 0 radical (unpaired) electrons. The minimum Gasteiger partial charge on any atom is -0.399 e. The van der Waals surface area contributed by atoms with Gasteiger partial charge in [-0.2, -0.15) is 0 Å². The molecule has 2 N–H and O–H groups in total. The monoisotopic (exact) mass is 218 g/mol. The Kier molecular flexibility index (Phi) is 3.13. The SMILES string of the molecule is CCCCN1C(=O)CCc2cc(N)ccc21. The van der Waals surface area contributed by atoms with Crippen LogP contribution in [0.5, 0.6) is 0 Å². The quantitative estimate of drug-likeness (QED) is 0.791. The topological polar surface area (TPSA) is 46.3 Å². The Morgan fingerprint density at radius 2 is 2.19 bits per heavy atom. The number of nitrogens with zero attached hydrogens (tertiary/aromatic N) is 1. The third-order valence-electron chi connectivity index (χ3n) is 3.04. The number of carbonyl (C=O) groups excluding carboxylic acids is 1. The Morgan fingerprint density at radius 3 is 2.94 bits per heavy atom. The summed E-state index contributed by atoms with van der Waals surface area (Å²) in [5, 5.41) is 0. The lowest BCUT2D eigenvalue weighted by Gasteiger charge is -2.29. The average Bonchev–Trinajstić information content (AvgIpc) is 2.28. The van der Waals surface area contributed by atoms with Crippen molar-refractivity contribution in [2.45, 2.75) is 32.6 Å². The van der Waals surface area contributed by atoms with Gasteiger partial charge in [0.05, 0.1) is 0 Å². The van der Waals surface area contributed by atoms with Crippen LogP contribution >= 0.6 is 0 Å². The summed E-state index contributed by atoms with van der Waals surface area (Å²) < 4.78 is 0. The van der Waals surface area contributed by atoms with Crippen LogP contribution in [0.3, 0.4) is 0 Å². The van der Waals surface area contributed by atoms with Gasteiger partial charge in [0.2, 0.25) is 5.91 Å². The van der Waals surface area contributed by atoms with Crippen molar-refractivity contribution in [3.63, 3.8) is 0 Å². The highest BCUT2D eigenvalue weighted by molar-refractivity contribution is 5.96. The first-order chi connectivity index (χ1) is 7.72. The second-order valence-electron chi connectivity index (χ2n) is 4.29.